The zero-order valence-electron chi connectivity index (χ0n) is 14.0. The maximum atomic E-state index is 11.8. The van der Waals surface area contributed by atoms with Gasteiger partial charge in [0, 0.05) is 32.6 Å². The van der Waals surface area contributed by atoms with E-state index in [2.05, 4.69) is 5.32 Å². The van der Waals surface area contributed by atoms with E-state index < -0.39 is 11.4 Å². The summed E-state index contributed by atoms with van der Waals surface area (Å²) < 4.78 is 0. The lowest BCUT2D eigenvalue weighted by atomic mass is 9.85. The van der Waals surface area contributed by atoms with Crippen LogP contribution in [0, 0.1) is 0 Å². The number of benzene rings is 1. The third-order valence-corrected chi connectivity index (χ3v) is 3.72. The van der Waals surface area contributed by atoms with E-state index in [0.29, 0.717) is 24.1 Å². The molecule has 6 nitrogen and oxygen atoms in total. The molecule has 2 N–H and O–H groups in total. The predicted octanol–water partition coefficient (Wildman–Crippen LogP) is 2.25. The number of carboxylic acids is 1. The highest BCUT2D eigenvalue weighted by Gasteiger charge is 2.29. The normalized spacial score (nSPS) is 11.0. The van der Waals surface area contributed by atoms with Crippen LogP contribution in [0.4, 0.5) is 5.69 Å². The van der Waals surface area contributed by atoms with Crippen LogP contribution >= 0.6 is 0 Å². The Hall–Kier alpha value is -2.37. The maximum absolute atomic E-state index is 11.8. The number of hydrogen-bond donors (Lipinski definition) is 2. The fraction of sp³-hybridized carbons (Fsp3) is 0.471. The number of rotatable bonds is 7. The Morgan fingerprint density at radius 2 is 1.65 bits per heavy atom. The van der Waals surface area contributed by atoms with E-state index in [1.54, 1.807) is 52.2 Å². The van der Waals surface area contributed by atoms with Gasteiger partial charge in [-0.2, -0.15) is 0 Å². The molecule has 23 heavy (non-hydrogen) atoms. The Kier molecular flexibility index (Phi) is 6.30. The van der Waals surface area contributed by atoms with Gasteiger partial charge in [-0.1, -0.05) is 12.1 Å². The minimum absolute atomic E-state index is 0.00180. The summed E-state index contributed by atoms with van der Waals surface area (Å²) in [7, 11) is 3.37. The second-order valence-electron chi connectivity index (χ2n) is 6.20. The van der Waals surface area contributed by atoms with Crippen molar-refractivity contribution >= 4 is 23.5 Å². The summed E-state index contributed by atoms with van der Waals surface area (Å²) in [6, 6.07) is 6.75. The van der Waals surface area contributed by atoms with E-state index in [9.17, 15) is 19.5 Å². The largest absolute Gasteiger partial charge is 0.481 e. The molecule has 0 unspecified atom stereocenters. The number of nitrogens with zero attached hydrogens (tertiary/aromatic N) is 1. The average molecular weight is 320 g/mol. The number of aliphatic carboxylic acids is 1. The molecule has 0 atom stereocenters. The van der Waals surface area contributed by atoms with Crippen LogP contribution in [0.15, 0.2) is 24.3 Å². The van der Waals surface area contributed by atoms with Gasteiger partial charge >= 0.3 is 5.97 Å². The lowest BCUT2D eigenvalue weighted by Gasteiger charge is -2.19. The molecule has 0 fully saturated rings. The summed E-state index contributed by atoms with van der Waals surface area (Å²) in [6.07, 6.45) is 1.10. The van der Waals surface area contributed by atoms with Gasteiger partial charge in [-0.3, -0.25) is 14.4 Å². The van der Waals surface area contributed by atoms with Crippen molar-refractivity contribution in [3.05, 3.63) is 29.8 Å². The third kappa shape index (κ3) is 5.39. The fourth-order valence-electron chi connectivity index (χ4n) is 1.94. The standard InChI is InChI=1S/C17H24N2O4/c1-17(2,16(22)23)12-8-10-13(11-9-12)18-14(20)6-5-7-15(21)19(3)4/h8-11H,5-7H2,1-4H3,(H,18,20)(H,22,23). The van der Waals surface area contributed by atoms with Crippen molar-refractivity contribution < 1.29 is 19.5 Å². The van der Waals surface area contributed by atoms with Crippen molar-refractivity contribution in [2.45, 2.75) is 38.5 Å². The molecule has 0 aromatic heterocycles. The maximum Gasteiger partial charge on any atom is 0.313 e. The highest BCUT2D eigenvalue weighted by atomic mass is 16.4. The first-order valence-electron chi connectivity index (χ1n) is 7.48. The average Bonchev–Trinajstić information content (AvgIpc) is 2.47. The van der Waals surface area contributed by atoms with E-state index in [-0.39, 0.29) is 18.2 Å². The van der Waals surface area contributed by atoms with Crippen molar-refractivity contribution in [2.24, 2.45) is 0 Å². The van der Waals surface area contributed by atoms with Crippen molar-refractivity contribution in [3.63, 3.8) is 0 Å². The number of nitrogens with one attached hydrogen (secondary N) is 1. The molecule has 0 aliphatic rings. The first-order chi connectivity index (χ1) is 10.6. The van der Waals surface area contributed by atoms with Crippen molar-refractivity contribution in [1.82, 2.24) is 4.90 Å². The smallest absolute Gasteiger partial charge is 0.313 e. The molecule has 1 rings (SSSR count). The summed E-state index contributed by atoms with van der Waals surface area (Å²) in [6.45, 7) is 3.26. The van der Waals surface area contributed by atoms with Crippen LogP contribution in [0.3, 0.4) is 0 Å². The third-order valence-electron chi connectivity index (χ3n) is 3.72. The molecule has 6 heteroatoms. The Morgan fingerprint density at radius 1 is 1.09 bits per heavy atom. The Bertz CT molecular complexity index is 577. The number of amides is 2. The predicted molar refractivity (Wildman–Crippen MR) is 88.3 cm³/mol. The van der Waals surface area contributed by atoms with Crippen LogP contribution in [-0.2, 0) is 19.8 Å². The Balaban J connectivity index is 2.54. The zero-order chi connectivity index (χ0) is 17.6. The van der Waals surface area contributed by atoms with Gasteiger partial charge < -0.3 is 15.3 Å². The molecular weight excluding hydrogens is 296 g/mol. The molecule has 0 aliphatic carbocycles. The molecule has 0 spiro atoms. The van der Waals surface area contributed by atoms with E-state index in [1.807, 2.05) is 0 Å². The van der Waals surface area contributed by atoms with Crippen molar-refractivity contribution in [1.29, 1.82) is 0 Å². The molecule has 1 aromatic rings. The molecule has 0 heterocycles. The van der Waals surface area contributed by atoms with Crippen LogP contribution in [-0.4, -0.2) is 41.9 Å². The lowest BCUT2D eigenvalue weighted by Crippen LogP contribution is -2.28. The topological polar surface area (TPSA) is 86.7 Å². The number of hydrogen-bond acceptors (Lipinski definition) is 3. The summed E-state index contributed by atoms with van der Waals surface area (Å²) in [5.41, 5.74) is 0.299. The van der Waals surface area contributed by atoms with Gasteiger partial charge in [0.15, 0.2) is 0 Å². The fourth-order valence-corrected chi connectivity index (χ4v) is 1.94. The molecule has 1 aromatic carbocycles. The SMILES string of the molecule is CN(C)C(=O)CCCC(=O)Nc1ccc(C(C)(C)C(=O)O)cc1. The number of carbonyl (C=O) groups is 3. The second-order valence-corrected chi connectivity index (χ2v) is 6.20. The molecule has 126 valence electrons. The van der Waals surface area contributed by atoms with Gasteiger partial charge in [-0.25, -0.2) is 0 Å². The van der Waals surface area contributed by atoms with Gasteiger partial charge in [0.25, 0.3) is 0 Å². The van der Waals surface area contributed by atoms with E-state index >= 15 is 0 Å². The lowest BCUT2D eigenvalue weighted by molar-refractivity contribution is -0.142. The molecule has 2 amide bonds. The van der Waals surface area contributed by atoms with Crippen LogP contribution in [0.5, 0.6) is 0 Å². The van der Waals surface area contributed by atoms with Crippen LogP contribution in [0.1, 0.15) is 38.7 Å². The number of anilines is 1. The van der Waals surface area contributed by atoms with E-state index in [1.165, 1.54) is 4.90 Å². The summed E-state index contributed by atoms with van der Waals surface area (Å²) in [5, 5.41) is 11.9. The molecule has 0 aliphatic heterocycles. The molecule has 0 saturated carbocycles. The van der Waals surface area contributed by atoms with Crippen molar-refractivity contribution in [2.75, 3.05) is 19.4 Å². The quantitative estimate of drug-likeness (QED) is 0.806. The minimum Gasteiger partial charge on any atom is -0.481 e. The molecule has 0 radical (unpaired) electrons. The van der Waals surface area contributed by atoms with Crippen LogP contribution in [0.25, 0.3) is 0 Å². The van der Waals surface area contributed by atoms with E-state index in [0.717, 1.165) is 0 Å². The number of carboxylic acid groups (broad SMARTS) is 1. The highest BCUT2D eigenvalue weighted by molar-refractivity contribution is 5.91. The van der Waals surface area contributed by atoms with Gasteiger partial charge in [-0.05, 0) is 38.0 Å². The molecular formula is C17H24N2O4. The highest BCUT2D eigenvalue weighted by Crippen LogP contribution is 2.24. The van der Waals surface area contributed by atoms with Gasteiger partial charge in [0.05, 0.1) is 5.41 Å². The Labute approximate surface area is 136 Å². The number of carbonyl (C=O) groups excluding carboxylic acids is 2. The first-order valence-corrected chi connectivity index (χ1v) is 7.48. The van der Waals surface area contributed by atoms with Crippen LogP contribution < -0.4 is 5.32 Å². The van der Waals surface area contributed by atoms with Gasteiger partial charge in [0.2, 0.25) is 11.8 Å². The van der Waals surface area contributed by atoms with Crippen LogP contribution in [0.2, 0.25) is 0 Å². The van der Waals surface area contributed by atoms with Gasteiger partial charge in [-0.15, -0.1) is 0 Å². The summed E-state index contributed by atoms with van der Waals surface area (Å²) in [5.74, 6) is -1.07. The van der Waals surface area contributed by atoms with Crippen molar-refractivity contribution in [3.8, 4) is 0 Å². The summed E-state index contributed by atoms with van der Waals surface area (Å²) in [4.78, 5) is 35.9. The second kappa shape index (κ2) is 7.76. The zero-order valence-corrected chi connectivity index (χ0v) is 14.0. The minimum atomic E-state index is -0.977. The summed E-state index contributed by atoms with van der Waals surface area (Å²) >= 11 is 0. The monoisotopic (exact) mass is 320 g/mol. The van der Waals surface area contributed by atoms with E-state index in [4.69, 9.17) is 0 Å². The Morgan fingerprint density at radius 3 is 2.13 bits per heavy atom. The van der Waals surface area contributed by atoms with Gasteiger partial charge in [0.1, 0.15) is 0 Å². The molecule has 0 bridgehead atoms. The first kappa shape index (κ1) is 18.7. The molecule has 0 saturated heterocycles.